The SMILES string of the molecule is C[C@H](NC(=O)N1CCN(c2ccc(C(F)(F)F)cc2)CC1)c1nnnn1C. The van der Waals surface area contributed by atoms with Gasteiger partial charge in [-0.05, 0) is 41.6 Å². The Hall–Kier alpha value is -2.85. The molecule has 2 heterocycles. The van der Waals surface area contributed by atoms with Crippen molar-refractivity contribution in [3.63, 3.8) is 0 Å². The Morgan fingerprint density at radius 2 is 1.78 bits per heavy atom. The first-order chi connectivity index (χ1) is 12.8. The summed E-state index contributed by atoms with van der Waals surface area (Å²) >= 11 is 0. The van der Waals surface area contributed by atoms with Crippen LogP contribution in [0.5, 0.6) is 0 Å². The van der Waals surface area contributed by atoms with E-state index in [0.29, 0.717) is 37.7 Å². The molecule has 1 aromatic carbocycles. The van der Waals surface area contributed by atoms with E-state index in [-0.39, 0.29) is 12.1 Å². The van der Waals surface area contributed by atoms with Crippen LogP contribution in [-0.2, 0) is 13.2 Å². The molecule has 27 heavy (non-hydrogen) atoms. The van der Waals surface area contributed by atoms with Gasteiger partial charge in [-0.3, -0.25) is 0 Å². The summed E-state index contributed by atoms with van der Waals surface area (Å²) in [6.45, 7) is 3.81. The summed E-state index contributed by atoms with van der Waals surface area (Å²) in [7, 11) is 1.70. The van der Waals surface area contributed by atoms with Crippen molar-refractivity contribution in [2.24, 2.45) is 7.05 Å². The Bertz CT molecular complexity index is 782. The van der Waals surface area contributed by atoms with Crippen molar-refractivity contribution in [1.82, 2.24) is 30.4 Å². The number of hydrogen-bond donors (Lipinski definition) is 1. The zero-order valence-electron chi connectivity index (χ0n) is 14.9. The Morgan fingerprint density at radius 3 is 2.30 bits per heavy atom. The van der Waals surface area contributed by atoms with Crippen LogP contribution in [0.15, 0.2) is 24.3 Å². The van der Waals surface area contributed by atoms with Gasteiger partial charge in [-0.1, -0.05) is 0 Å². The average Bonchev–Trinajstić information content (AvgIpc) is 3.07. The summed E-state index contributed by atoms with van der Waals surface area (Å²) in [6.07, 6.45) is -4.34. The first-order valence-corrected chi connectivity index (χ1v) is 8.45. The summed E-state index contributed by atoms with van der Waals surface area (Å²) in [5, 5.41) is 14.0. The van der Waals surface area contributed by atoms with E-state index in [9.17, 15) is 18.0 Å². The van der Waals surface area contributed by atoms with E-state index in [2.05, 4.69) is 20.8 Å². The van der Waals surface area contributed by atoms with Crippen LogP contribution in [0.2, 0.25) is 0 Å². The van der Waals surface area contributed by atoms with Gasteiger partial charge in [0.05, 0.1) is 11.6 Å². The molecule has 146 valence electrons. The van der Waals surface area contributed by atoms with Crippen LogP contribution >= 0.6 is 0 Å². The second-order valence-corrected chi connectivity index (χ2v) is 6.35. The van der Waals surface area contributed by atoms with E-state index in [1.54, 1.807) is 18.9 Å². The monoisotopic (exact) mass is 383 g/mol. The molecule has 0 saturated carbocycles. The first kappa shape index (κ1) is 18.9. The number of piperazine rings is 1. The molecule has 0 radical (unpaired) electrons. The number of amides is 2. The number of nitrogens with zero attached hydrogens (tertiary/aromatic N) is 6. The maximum atomic E-state index is 12.7. The molecule has 1 fully saturated rings. The molecular formula is C16H20F3N7O. The van der Waals surface area contributed by atoms with Crippen molar-refractivity contribution < 1.29 is 18.0 Å². The van der Waals surface area contributed by atoms with E-state index >= 15 is 0 Å². The molecule has 0 unspecified atom stereocenters. The van der Waals surface area contributed by atoms with Gasteiger partial charge in [0.15, 0.2) is 5.82 Å². The van der Waals surface area contributed by atoms with Crippen LogP contribution in [0.1, 0.15) is 24.4 Å². The molecule has 2 aromatic rings. The fourth-order valence-electron chi connectivity index (χ4n) is 2.97. The molecule has 0 spiro atoms. The highest BCUT2D eigenvalue weighted by Gasteiger charge is 2.30. The fourth-order valence-corrected chi connectivity index (χ4v) is 2.97. The van der Waals surface area contributed by atoms with Gasteiger partial charge >= 0.3 is 12.2 Å². The van der Waals surface area contributed by atoms with Gasteiger partial charge in [-0.15, -0.1) is 5.10 Å². The number of aromatic nitrogens is 4. The number of halogens is 3. The lowest BCUT2D eigenvalue weighted by atomic mass is 10.1. The lowest BCUT2D eigenvalue weighted by Crippen LogP contribution is -2.52. The number of alkyl halides is 3. The summed E-state index contributed by atoms with van der Waals surface area (Å²) in [5.74, 6) is 0.548. The molecule has 1 aliphatic rings. The van der Waals surface area contributed by atoms with Gasteiger partial charge in [0.25, 0.3) is 0 Å². The minimum atomic E-state index is -4.34. The minimum Gasteiger partial charge on any atom is -0.368 e. The van der Waals surface area contributed by atoms with E-state index < -0.39 is 11.7 Å². The van der Waals surface area contributed by atoms with E-state index in [1.165, 1.54) is 16.8 Å². The predicted octanol–water partition coefficient (Wildman–Crippen LogP) is 1.82. The highest BCUT2D eigenvalue weighted by molar-refractivity contribution is 5.75. The third kappa shape index (κ3) is 4.29. The van der Waals surface area contributed by atoms with Gasteiger partial charge < -0.3 is 15.1 Å². The molecule has 0 aliphatic carbocycles. The topological polar surface area (TPSA) is 79.2 Å². The number of nitrogens with one attached hydrogen (secondary N) is 1. The van der Waals surface area contributed by atoms with Crippen molar-refractivity contribution in [1.29, 1.82) is 0 Å². The summed E-state index contributed by atoms with van der Waals surface area (Å²) in [6, 6.07) is 4.50. The number of carbonyl (C=O) groups excluding carboxylic acids is 1. The second kappa shape index (κ2) is 7.41. The van der Waals surface area contributed by atoms with E-state index in [1.807, 2.05) is 4.90 Å². The first-order valence-electron chi connectivity index (χ1n) is 8.45. The number of benzene rings is 1. The minimum absolute atomic E-state index is 0.224. The van der Waals surface area contributed by atoms with Crippen molar-refractivity contribution in [3.05, 3.63) is 35.7 Å². The smallest absolute Gasteiger partial charge is 0.368 e. The lowest BCUT2D eigenvalue weighted by molar-refractivity contribution is -0.137. The quantitative estimate of drug-likeness (QED) is 0.875. The summed E-state index contributed by atoms with van der Waals surface area (Å²) in [4.78, 5) is 16.0. The number of tetrazole rings is 1. The second-order valence-electron chi connectivity index (χ2n) is 6.35. The van der Waals surface area contributed by atoms with Crippen molar-refractivity contribution in [2.75, 3.05) is 31.1 Å². The van der Waals surface area contributed by atoms with E-state index in [4.69, 9.17) is 0 Å². The maximum Gasteiger partial charge on any atom is 0.416 e. The molecule has 11 heteroatoms. The molecule has 1 N–H and O–H groups in total. The average molecular weight is 383 g/mol. The number of anilines is 1. The number of hydrogen-bond acceptors (Lipinski definition) is 5. The van der Waals surface area contributed by atoms with E-state index in [0.717, 1.165) is 12.1 Å². The number of urea groups is 1. The third-order valence-electron chi connectivity index (χ3n) is 4.51. The van der Waals surface area contributed by atoms with Crippen LogP contribution in [0, 0.1) is 0 Å². The molecule has 1 aromatic heterocycles. The maximum absolute atomic E-state index is 12.7. The zero-order chi connectivity index (χ0) is 19.6. The Labute approximate surface area is 153 Å². The molecular weight excluding hydrogens is 363 g/mol. The number of rotatable bonds is 3. The van der Waals surface area contributed by atoms with Gasteiger partial charge in [0.1, 0.15) is 0 Å². The van der Waals surface area contributed by atoms with Gasteiger partial charge in [-0.2, -0.15) is 13.2 Å². The van der Waals surface area contributed by atoms with Gasteiger partial charge in [0.2, 0.25) is 0 Å². The highest BCUT2D eigenvalue weighted by Crippen LogP contribution is 2.30. The normalized spacial score (nSPS) is 16.3. The Morgan fingerprint density at radius 1 is 1.15 bits per heavy atom. The summed E-state index contributed by atoms with van der Waals surface area (Å²) in [5.41, 5.74) is 0.0399. The fraction of sp³-hybridized carbons (Fsp3) is 0.500. The largest absolute Gasteiger partial charge is 0.416 e. The van der Waals surface area contributed by atoms with Gasteiger partial charge in [0, 0.05) is 38.9 Å². The van der Waals surface area contributed by atoms with Crippen molar-refractivity contribution in [3.8, 4) is 0 Å². The van der Waals surface area contributed by atoms with Crippen LogP contribution in [0.4, 0.5) is 23.7 Å². The predicted molar refractivity (Wildman–Crippen MR) is 91.0 cm³/mol. The summed E-state index contributed by atoms with van der Waals surface area (Å²) < 4.78 is 39.5. The van der Waals surface area contributed by atoms with Crippen molar-refractivity contribution >= 4 is 11.7 Å². The zero-order valence-corrected chi connectivity index (χ0v) is 14.9. The number of aryl methyl sites for hydroxylation is 1. The Balaban J connectivity index is 1.54. The highest BCUT2D eigenvalue weighted by atomic mass is 19.4. The molecule has 2 amide bonds. The molecule has 1 atom stereocenters. The standard InChI is InChI=1S/C16H20F3N7O/c1-11(14-21-22-23-24(14)2)20-15(27)26-9-7-25(8-10-26)13-5-3-12(4-6-13)16(17,18)19/h3-6,11H,7-10H2,1-2H3,(H,20,27)/t11-/m0/s1. The lowest BCUT2D eigenvalue weighted by Gasteiger charge is -2.36. The third-order valence-corrected chi connectivity index (χ3v) is 4.51. The van der Waals surface area contributed by atoms with Crippen LogP contribution < -0.4 is 10.2 Å². The van der Waals surface area contributed by atoms with Crippen LogP contribution in [-0.4, -0.2) is 57.3 Å². The van der Waals surface area contributed by atoms with Crippen LogP contribution in [0.25, 0.3) is 0 Å². The molecule has 8 nitrogen and oxygen atoms in total. The molecule has 3 rings (SSSR count). The molecule has 0 bridgehead atoms. The van der Waals surface area contributed by atoms with Crippen LogP contribution in [0.3, 0.4) is 0 Å². The molecule has 1 saturated heterocycles. The Kier molecular flexibility index (Phi) is 5.19. The van der Waals surface area contributed by atoms with Crippen molar-refractivity contribution in [2.45, 2.75) is 19.1 Å². The van der Waals surface area contributed by atoms with Gasteiger partial charge in [-0.25, -0.2) is 9.48 Å². The molecule has 1 aliphatic heterocycles. The number of carbonyl (C=O) groups is 1.